The van der Waals surface area contributed by atoms with Crippen LogP contribution in [0.15, 0.2) is 48.5 Å². The molecule has 0 aliphatic heterocycles. The molecule has 1 aliphatic rings. The van der Waals surface area contributed by atoms with Gasteiger partial charge >= 0.3 is 0 Å². The lowest BCUT2D eigenvalue weighted by molar-refractivity contribution is 0.340. The fourth-order valence-corrected chi connectivity index (χ4v) is 4.11. The lowest BCUT2D eigenvalue weighted by atomic mass is 9.96. The Balaban J connectivity index is 1.52. The second-order valence-electron chi connectivity index (χ2n) is 8.08. The van der Waals surface area contributed by atoms with Crippen molar-refractivity contribution in [3.05, 3.63) is 76.7 Å². The molecule has 6 nitrogen and oxygen atoms in total. The van der Waals surface area contributed by atoms with Crippen LogP contribution in [0.25, 0.3) is 5.78 Å². The zero-order valence-corrected chi connectivity index (χ0v) is 18.1. The van der Waals surface area contributed by atoms with Crippen LogP contribution < -0.4 is 10.1 Å². The van der Waals surface area contributed by atoms with Crippen molar-refractivity contribution in [3.63, 3.8) is 0 Å². The van der Waals surface area contributed by atoms with Gasteiger partial charge in [0.2, 0.25) is 0 Å². The van der Waals surface area contributed by atoms with Crippen LogP contribution in [0.3, 0.4) is 0 Å². The molecule has 2 aromatic carbocycles. The van der Waals surface area contributed by atoms with Crippen LogP contribution in [0.1, 0.15) is 48.0 Å². The summed E-state index contributed by atoms with van der Waals surface area (Å²) in [5, 5.41) is 8.43. The highest BCUT2D eigenvalue weighted by Crippen LogP contribution is 2.30. The molecule has 0 saturated heterocycles. The monoisotopic (exact) mass is 413 g/mol. The third kappa shape index (κ3) is 4.10. The third-order valence-electron chi connectivity index (χ3n) is 5.72. The fourth-order valence-electron chi connectivity index (χ4n) is 4.11. The van der Waals surface area contributed by atoms with Gasteiger partial charge in [0, 0.05) is 17.7 Å². The van der Waals surface area contributed by atoms with E-state index in [0.29, 0.717) is 18.8 Å². The normalized spacial score (nSPS) is 13.2. The van der Waals surface area contributed by atoms with Gasteiger partial charge in [-0.25, -0.2) is 4.98 Å². The molecule has 0 spiro atoms. The molecule has 158 valence electrons. The maximum Gasteiger partial charge on any atom is 0.254 e. The topological polar surface area (TPSA) is 64.3 Å². The average Bonchev–Trinajstić information content (AvgIpc) is 3.19. The van der Waals surface area contributed by atoms with Gasteiger partial charge < -0.3 is 10.1 Å². The summed E-state index contributed by atoms with van der Waals surface area (Å²) in [6.45, 7) is 4.75. The van der Waals surface area contributed by atoms with Gasteiger partial charge in [-0.15, -0.1) is 5.10 Å². The Labute approximate surface area is 182 Å². The van der Waals surface area contributed by atoms with E-state index in [1.807, 2.05) is 35.7 Å². The minimum Gasteiger partial charge on any atom is -0.494 e. The van der Waals surface area contributed by atoms with Crippen molar-refractivity contribution >= 4 is 17.3 Å². The highest BCUT2D eigenvalue weighted by atomic mass is 16.5. The van der Waals surface area contributed by atoms with Gasteiger partial charge in [0.15, 0.2) is 5.82 Å². The average molecular weight is 414 g/mol. The van der Waals surface area contributed by atoms with E-state index in [0.717, 1.165) is 41.6 Å². The summed E-state index contributed by atoms with van der Waals surface area (Å²) in [6.07, 6.45) is 5.03. The molecule has 0 saturated carbocycles. The number of fused-ring (bicyclic) bond motifs is 2. The minimum atomic E-state index is 0.661. The maximum absolute atomic E-state index is 5.57. The zero-order valence-electron chi connectivity index (χ0n) is 18.1. The summed E-state index contributed by atoms with van der Waals surface area (Å²) in [5.41, 5.74) is 5.84. The van der Waals surface area contributed by atoms with Crippen LogP contribution in [0.5, 0.6) is 5.75 Å². The predicted molar refractivity (Wildman–Crippen MR) is 122 cm³/mol. The van der Waals surface area contributed by atoms with Crippen LogP contribution in [0, 0.1) is 6.92 Å². The number of nitrogens with zero attached hydrogens (tertiary/aromatic N) is 4. The predicted octanol–water partition coefficient (Wildman–Crippen LogP) is 5.04. The Morgan fingerprint density at radius 3 is 2.52 bits per heavy atom. The molecule has 0 unspecified atom stereocenters. The smallest absolute Gasteiger partial charge is 0.254 e. The largest absolute Gasteiger partial charge is 0.494 e. The summed E-state index contributed by atoms with van der Waals surface area (Å²) in [5.74, 6) is 3.30. The summed E-state index contributed by atoms with van der Waals surface area (Å²) in [7, 11) is 0. The molecule has 4 aromatic rings. The van der Waals surface area contributed by atoms with Crippen molar-refractivity contribution in [1.82, 2.24) is 19.6 Å². The van der Waals surface area contributed by atoms with Crippen molar-refractivity contribution in [1.29, 1.82) is 0 Å². The summed E-state index contributed by atoms with van der Waals surface area (Å²) >= 11 is 0. The molecule has 1 aliphatic carbocycles. The summed E-state index contributed by atoms with van der Waals surface area (Å²) in [6, 6.07) is 16.6. The molecule has 0 radical (unpaired) electrons. The van der Waals surface area contributed by atoms with Crippen LogP contribution in [-0.2, 0) is 19.3 Å². The first-order chi connectivity index (χ1) is 15.2. The van der Waals surface area contributed by atoms with Crippen molar-refractivity contribution in [2.75, 3.05) is 11.9 Å². The SMILES string of the molecule is CCOc1ccc(Nc2c3c(nc4nc(Cc5ccc(C)cc5)nn24)CCCC3)cc1. The zero-order chi connectivity index (χ0) is 21.2. The molecule has 31 heavy (non-hydrogen) atoms. The second-order valence-corrected chi connectivity index (χ2v) is 8.08. The van der Waals surface area contributed by atoms with Gasteiger partial charge in [-0.1, -0.05) is 29.8 Å². The van der Waals surface area contributed by atoms with Crippen molar-refractivity contribution in [3.8, 4) is 5.75 Å². The number of hydrogen-bond donors (Lipinski definition) is 1. The number of anilines is 2. The number of hydrogen-bond acceptors (Lipinski definition) is 5. The molecule has 5 rings (SSSR count). The second kappa shape index (κ2) is 8.38. The molecule has 6 heteroatoms. The van der Waals surface area contributed by atoms with Crippen LogP contribution in [0.2, 0.25) is 0 Å². The Hall–Kier alpha value is -3.41. The van der Waals surface area contributed by atoms with Gasteiger partial charge in [-0.2, -0.15) is 9.50 Å². The first-order valence-corrected chi connectivity index (χ1v) is 11.0. The van der Waals surface area contributed by atoms with Gasteiger partial charge in [0.1, 0.15) is 11.6 Å². The molecule has 0 bridgehead atoms. The van der Waals surface area contributed by atoms with E-state index in [9.17, 15) is 0 Å². The minimum absolute atomic E-state index is 0.661. The lowest BCUT2D eigenvalue weighted by Crippen LogP contribution is -2.13. The van der Waals surface area contributed by atoms with E-state index in [1.165, 1.54) is 29.5 Å². The number of nitrogens with one attached hydrogen (secondary N) is 1. The Bertz CT molecular complexity index is 1200. The van der Waals surface area contributed by atoms with Crippen molar-refractivity contribution in [2.45, 2.75) is 46.0 Å². The number of benzene rings is 2. The maximum atomic E-state index is 5.57. The van der Waals surface area contributed by atoms with Crippen molar-refractivity contribution in [2.24, 2.45) is 0 Å². The van der Waals surface area contributed by atoms with Crippen molar-refractivity contribution < 1.29 is 4.74 Å². The fraction of sp³-hybridized carbons (Fsp3) is 0.320. The van der Waals surface area contributed by atoms with Crippen LogP contribution >= 0.6 is 0 Å². The first kappa shape index (κ1) is 19.5. The molecular weight excluding hydrogens is 386 g/mol. The molecule has 0 amide bonds. The Kier molecular flexibility index (Phi) is 5.28. The standard InChI is InChI=1S/C25H27N5O/c1-3-31-20-14-12-19(13-15-20)26-24-21-6-4-5-7-22(21)27-25-28-23(29-30(24)25)16-18-10-8-17(2)9-11-18/h8-15,26H,3-7,16H2,1-2H3. The van der Waals surface area contributed by atoms with E-state index in [1.54, 1.807) is 0 Å². The Morgan fingerprint density at radius 1 is 0.968 bits per heavy atom. The highest BCUT2D eigenvalue weighted by Gasteiger charge is 2.21. The third-order valence-corrected chi connectivity index (χ3v) is 5.72. The number of ether oxygens (including phenoxy) is 1. The van der Waals surface area contributed by atoms with Gasteiger partial charge in [0.05, 0.1) is 12.3 Å². The Morgan fingerprint density at radius 2 is 1.74 bits per heavy atom. The number of aryl methyl sites for hydroxylation is 2. The first-order valence-electron chi connectivity index (χ1n) is 11.0. The van der Waals surface area contributed by atoms with Gasteiger partial charge in [0.25, 0.3) is 5.78 Å². The van der Waals surface area contributed by atoms with Gasteiger partial charge in [-0.3, -0.25) is 0 Å². The number of aromatic nitrogens is 4. The molecule has 0 fully saturated rings. The quantitative estimate of drug-likeness (QED) is 0.479. The molecular formula is C25H27N5O. The van der Waals surface area contributed by atoms with Crippen LogP contribution in [-0.4, -0.2) is 26.2 Å². The van der Waals surface area contributed by atoms with E-state index in [2.05, 4.69) is 36.5 Å². The van der Waals surface area contributed by atoms with E-state index < -0.39 is 0 Å². The number of rotatable bonds is 6. The van der Waals surface area contributed by atoms with E-state index >= 15 is 0 Å². The molecule has 0 atom stereocenters. The highest BCUT2D eigenvalue weighted by molar-refractivity contribution is 5.64. The lowest BCUT2D eigenvalue weighted by Gasteiger charge is -2.20. The van der Waals surface area contributed by atoms with E-state index in [4.69, 9.17) is 19.8 Å². The molecule has 2 heterocycles. The van der Waals surface area contributed by atoms with Gasteiger partial charge in [-0.05, 0) is 69.4 Å². The summed E-state index contributed by atoms with van der Waals surface area (Å²) in [4.78, 5) is 9.62. The van der Waals surface area contributed by atoms with E-state index in [-0.39, 0.29) is 0 Å². The summed E-state index contributed by atoms with van der Waals surface area (Å²) < 4.78 is 7.45. The molecule has 2 aromatic heterocycles. The van der Waals surface area contributed by atoms with Crippen LogP contribution in [0.4, 0.5) is 11.5 Å². The molecule has 1 N–H and O–H groups in total.